The molecule has 102 valence electrons. The van der Waals surface area contributed by atoms with Gasteiger partial charge in [0.15, 0.2) is 0 Å². The lowest BCUT2D eigenvalue weighted by Gasteiger charge is -2.23. The highest BCUT2D eigenvalue weighted by Gasteiger charge is 2.18. The van der Waals surface area contributed by atoms with Gasteiger partial charge in [0.05, 0.1) is 13.7 Å². The Morgan fingerprint density at radius 1 is 1.22 bits per heavy atom. The second-order valence-corrected chi connectivity index (χ2v) is 5.51. The van der Waals surface area contributed by atoms with Crippen molar-refractivity contribution in [3.05, 3.63) is 29.3 Å². The Morgan fingerprint density at radius 3 is 2.50 bits per heavy atom. The number of aliphatic hydroxyl groups is 1. The Bertz CT molecular complexity index is 369. The van der Waals surface area contributed by atoms with Gasteiger partial charge in [0.25, 0.3) is 0 Å². The minimum atomic E-state index is 0.0832. The third-order valence-electron chi connectivity index (χ3n) is 2.95. The van der Waals surface area contributed by atoms with E-state index in [9.17, 15) is 0 Å². The van der Waals surface area contributed by atoms with Crippen molar-refractivity contribution < 1.29 is 9.84 Å². The van der Waals surface area contributed by atoms with Crippen LogP contribution in [0.4, 0.5) is 0 Å². The Balaban J connectivity index is 2.77. The van der Waals surface area contributed by atoms with Gasteiger partial charge in [0.1, 0.15) is 5.75 Å². The molecule has 1 aromatic rings. The predicted octanol–water partition coefficient (Wildman–Crippen LogP) is 2.12. The monoisotopic (exact) mass is 251 g/mol. The number of nitrogens with one attached hydrogen (secondary N) is 1. The Kier molecular flexibility index (Phi) is 5.63. The quantitative estimate of drug-likeness (QED) is 0.761. The fraction of sp³-hybridized carbons (Fsp3) is 0.600. The SMILES string of the molecule is COc1ccc(CCNCCO)cc1C(C)(C)C. The predicted molar refractivity (Wildman–Crippen MR) is 75.4 cm³/mol. The van der Waals surface area contributed by atoms with Crippen molar-refractivity contribution in [1.82, 2.24) is 5.32 Å². The summed E-state index contributed by atoms with van der Waals surface area (Å²) in [6, 6.07) is 6.37. The molecule has 1 aromatic carbocycles. The molecule has 3 nitrogen and oxygen atoms in total. The molecule has 0 bridgehead atoms. The number of ether oxygens (including phenoxy) is 1. The molecule has 18 heavy (non-hydrogen) atoms. The summed E-state index contributed by atoms with van der Waals surface area (Å²) in [5.74, 6) is 0.953. The molecule has 0 aliphatic rings. The Labute approximate surface area is 110 Å². The lowest BCUT2D eigenvalue weighted by Crippen LogP contribution is -2.21. The van der Waals surface area contributed by atoms with E-state index in [1.807, 2.05) is 6.07 Å². The van der Waals surface area contributed by atoms with Gasteiger partial charge in [-0.1, -0.05) is 32.9 Å². The summed E-state index contributed by atoms with van der Waals surface area (Å²) in [5, 5.41) is 11.9. The van der Waals surface area contributed by atoms with Crippen molar-refractivity contribution in [2.24, 2.45) is 0 Å². The van der Waals surface area contributed by atoms with E-state index in [-0.39, 0.29) is 12.0 Å². The summed E-state index contributed by atoms with van der Waals surface area (Å²) >= 11 is 0. The van der Waals surface area contributed by atoms with Crippen molar-refractivity contribution in [1.29, 1.82) is 0 Å². The van der Waals surface area contributed by atoms with E-state index < -0.39 is 0 Å². The van der Waals surface area contributed by atoms with Crippen LogP contribution in [0.1, 0.15) is 31.9 Å². The summed E-state index contributed by atoms with van der Waals surface area (Å²) in [6.45, 7) is 8.31. The molecule has 0 spiro atoms. The molecular weight excluding hydrogens is 226 g/mol. The second kappa shape index (κ2) is 6.76. The minimum Gasteiger partial charge on any atom is -0.496 e. The zero-order valence-corrected chi connectivity index (χ0v) is 11.9. The highest BCUT2D eigenvalue weighted by atomic mass is 16.5. The van der Waals surface area contributed by atoms with Crippen LogP contribution in [0.2, 0.25) is 0 Å². The van der Waals surface area contributed by atoms with Gasteiger partial charge in [-0.25, -0.2) is 0 Å². The van der Waals surface area contributed by atoms with E-state index in [1.54, 1.807) is 7.11 Å². The summed E-state index contributed by atoms with van der Waals surface area (Å²) in [5.41, 5.74) is 2.62. The van der Waals surface area contributed by atoms with E-state index in [0.29, 0.717) is 6.54 Å². The summed E-state index contributed by atoms with van der Waals surface area (Å²) < 4.78 is 5.42. The maximum absolute atomic E-state index is 8.70. The zero-order chi connectivity index (χ0) is 13.6. The van der Waals surface area contributed by atoms with Gasteiger partial charge >= 0.3 is 0 Å². The summed E-state index contributed by atoms with van der Waals surface area (Å²) in [4.78, 5) is 0. The molecule has 0 aromatic heterocycles. The third-order valence-corrected chi connectivity index (χ3v) is 2.95. The van der Waals surface area contributed by atoms with Gasteiger partial charge in [-0.05, 0) is 35.6 Å². The first-order valence-corrected chi connectivity index (χ1v) is 6.48. The molecule has 0 unspecified atom stereocenters. The first-order chi connectivity index (χ1) is 8.49. The average Bonchev–Trinajstić information content (AvgIpc) is 2.33. The molecule has 1 rings (SSSR count). The first-order valence-electron chi connectivity index (χ1n) is 6.48. The van der Waals surface area contributed by atoms with Gasteiger partial charge in [-0.15, -0.1) is 0 Å². The standard InChI is InChI=1S/C15H25NO2/c1-15(2,3)13-11-12(5-6-14(13)18-4)7-8-16-9-10-17/h5-6,11,16-17H,7-10H2,1-4H3. The molecule has 3 heteroatoms. The molecule has 0 heterocycles. The maximum Gasteiger partial charge on any atom is 0.122 e. The molecule has 0 saturated heterocycles. The molecule has 2 N–H and O–H groups in total. The highest BCUT2D eigenvalue weighted by molar-refractivity contribution is 5.41. The molecule has 0 aliphatic carbocycles. The number of hydrogen-bond acceptors (Lipinski definition) is 3. The van der Waals surface area contributed by atoms with E-state index in [4.69, 9.17) is 9.84 Å². The van der Waals surface area contributed by atoms with Crippen LogP contribution in [0.5, 0.6) is 5.75 Å². The van der Waals surface area contributed by atoms with Crippen LogP contribution in [0.15, 0.2) is 18.2 Å². The second-order valence-electron chi connectivity index (χ2n) is 5.51. The van der Waals surface area contributed by atoms with Crippen molar-refractivity contribution in [2.75, 3.05) is 26.8 Å². The van der Waals surface area contributed by atoms with Crippen LogP contribution in [0, 0.1) is 0 Å². The van der Waals surface area contributed by atoms with Gasteiger partial charge in [0, 0.05) is 6.54 Å². The number of hydrogen-bond donors (Lipinski definition) is 2. The van der Waals surface area contributed by atoms with E-state index in [2.05, 4.69) is 38.2 Å². The normalized spacial score (nSPS) is 11.6. The van der Waals surface area contributed by atoms with Crippen molar-refractivity contribution in [3.8, 4) is 5.75 Å². The molecule has 0 radical (unpaired) electrons. The van der Waals surface area contributed by atoms with Crippen LogP contribution in [0.25, 0.3) is 0 Å². The zero-order valence-electron chi connectivity index (χ0n) is 11.9. The van der Waals surface area contributed by atoms with E-state index in [0.717, 1.165) is 18.7 Å². The Hall–Kier alpha value is -1.06. The largest absolute Gasteiger partial charge is 0.496 e. The fourth-order valence-electron chi connectivity index (χ4n) is 1.93. The van der Waals surface area contributed by atoms with Gasteiger partial charge in [0.2, 0.25) is 0 Å². The van der Waals surface area contributed by atoms with Gasteiger partial charge < -0.3 is 15.2 Å². The number of rotatable bonds is 6. The molecular formula is C15H25NO2. The van der Waals surface area contributed by atoms with Crippen LogP contribution in [-0.2, 0) is 11.8 Å². The minimum absolute atomic E-state index is 0.0832. The number of aliphatic hydroxyl groups excluding tert-OH is 1. The lowest BCUT2D eigenvalue weighted by molar-refractivity contribution is 0.293. The van der Waals surface area contributed by atoms with Crippen molar-refractivity contribution in [2.45, 2.75) is 32.6 Å². The van der Waals surface area contributed by atoms with Gasteiger partial charge in [-0.2, -0.15) is 0 Å². The van der Waals surface area contributed by atoms with Crippen LogP contribution < -0.4 is 10.1 Å². The molecule has 0 amide bonds. The topological polar surface area (TPSA) is 41.5 Å². The first kappa shape index (κ1) is 15.0. The van der Waals surface area contributed by atoms with Crippen LogP contribution in [0.3, 0.4) is 0 Å². The third kappa shape index (κ3) is 4.31. The summed E-state index contributed by atoms with van der Waals surface area (Å²) in [6.07, 6.45) is 0.965. The van der Waals surface area contributed by atoms with Crippen LogP contribution >= 0.6 is 0 Å². The van der Waals surface area contributed by atoms with Crippen molar-refractivity contribution in [3.63, 3.8) is 0 Å². The average molecular weight is 251 g/mol. The molecule has 0 atom stereocenters. The van der Waals surface area contributed by atoms with E-state index >= 15 is 0 Å². The molecule has 0 saturated carbocycles. The van der Waals surface area contributed by atoms with Gasteiger partial charge in [-0.3, -0.25) is 0 Å². The van der Waals surface area contributed by atoms with Crippen molar-refractivity contribution >= 4 is 0 Å². The fourth-order valence-corrected chi connectivity index (χ4v) is 1.93. The lowest BCUT2D eigenvalue weighted by atomic mass is 9.85. The molecule has 0 aliphatic heterocycles. The van der Waals surface area contributed by atoms with E-state index in [1.165, 1.54) is 11.1 Å². The smallest absolute Gasteiger partial charge is 0.122 e. The van der Waals surface area contributed by atoms with Crippen LogP contribution in [-0.4, -0.2) is 31.9 Å². The Morgan fingerprint density at radius 2 is 1.94 bits per heavy atom. The maximum atomic E-state index is 8.70. The number of benzene rings is 1. The highest BCUT2D eigenvalue weighted by Crippen LogP contribution is 2.31. The number of methoxy groups -OCH3 is 1. The molecule has 0 fully saturated rings. The summed E-state index contributed by atoms with van der Waals surface area (Å²) in [7, 11) is 1.72.